The highest BCUT2D eigenvalue weighted by molar-refractivity contribution is 7.99. The van der Waals surface area contributed by atoms with Crippen molar-refractivity contribution in [3.05, 3.63) is 0 Å². The number of nitrogens with zero attached hydrogens (tertiary/aromatic N) is 4. The van der Waals surface area contributed by atoms with Crippen LogP contribution in [0.15, 0.2) is 5.16 Å². The first-order valence-electron chi connectivity index (χ1n) is 5.73. The minimum Gasteiger partial charge on any atom is -0.395 e. The number of hydrogen-bond donors (Lipinski definition) is 2. The Hall–Kier alpha value is -1.08. The molecule has 17 heavy (non-hydrogen) atoms. The van der Waals surface area contributed by atoms with Gasteiger partial charge in [0, 0.05) is 18.3 Å². The largest absolute Gasteiger partial charge is 0.395 e. The molecule has 2 rings (SSSR count). The molecule has 0 amide bonds. The minimum absolute atomic E-state index is 0.0585. The quantitative estimate of drug-likeness (QED) is 0.758. The Morgan fingerprint density at radius 2 is 2.06 bits per heavy atom. The minimum atomic E-state index is 0.0585. The number of thioether (sulfide) groups is 1. The van der Waals surface area contributed by atoms with Gasteiger partial charge < -0.3 is 15.7 Å². The summed E-state index contributed by atoms with van der Waals surface area (Å²) in [6, 6.07) is 0. The molecule has 1 aromatic heterocycles. The van der Waals surface area contributed by atoms with Gasteiger partial charge in [0.1, 0.15) is 0 Å². The van der Waals surface area contributed by atoms with Gasteiger partial charge in [0.2, 0.25) is 11.9 Å². The van der Waals surface area contributed by atoms with Crippen LogP contribution in [0.25, 0.3) is 0 Å². The normalized spacial score (nSPS) is 17.4. The van der Waals surface area contributed by atoms with Crippen molar-refractivity contribution in [2.45, 2.75) is 30.2 Å². The van der Waals surface area contributed by atoms with Crippen LogP contribution in [-0.4, -0.2) is 45.0 Å². The summed E-state index contributed by atoms with van der Waals surface area (Å²) in [6.45, 7) is 3.96. The second kappa shape index (κ2) is 5.50. The molecule has 1 atom stereocenters. The predicted molar refractivity (Wildman–Crippen MR) is 68.1 cm³/mol. The van der Waals surface area contributed by atoms with Crippen LogP contribution in [0.1, 0.15) is 19.8 Å². The lowest BCUT2D eigenvalue weighted by Gasteiger charge is -2.16. The number of hydrogen-bond acceptors (Lipinski definition) is 7. The van der Waals surface area contributed by atoms with Crippen LogP contribution >= 0.6 is 11.8 Å². The van der Waals surface area contributed by atoms with E-state index in [9.17, 15) is 0 Å². The van der Waals surface area contributed by atoms with Crippen LogP contribution in [0, 0.1) is 0 Å². The Morgan fingerprint density at radius 1 is 1.35 bits per heavy atom. The van der Waals surface area contributed by atoms with E-state index in [-0.39, 0.29) is 17.8 Å². The van der Waals surface area contributed by atoms with Gasteiger partial charge in [-0.15, -0.1) is 0 Å². The molecule has 1 unspecified atom stereocenters. The fraction of sp³-hybridized carbons (Fsp3) is 0.700. The number of nitrogens with two attached hydrogens (primary N) is 1. The fourth-order valence-corrected chi connectivity index (χ4v) is 2.40. The molecule has 1 saturated heterocycles. The van der Waals surface area contributed by atoms with Gasteiger partial charge in [-0.1, -0.05) is 18.7 Å². The Labute approximate surface area is 105 Å². The highest BCUT2D eigenvalue weighted by Gasteiger charge is 2.17. The Morgan fingerprint density at radius 3 is 2.71 bits per heavy atom. The molecule has 1 aliphatic heterocycles. The molecule has 94 valence electrons. The van der Waals surface area contributed by atoms with Crippen molar-refractivity contribution < 1.29 is 5.11 Å². The Balaban J connectivity index is 2.16. The molecule has 1 aliphatic rings. The van der Waals surface area contributed by atoms with E-state index in [4.69, 9.17) is 10.8 Å². The lowest BCUT2D eigenvalue weighted by molar-refractivity contribution is 0.300. The average Bonchev–Trinajstić information content (AvgIpc) is 2.81. The first kappa shape index (κ1) is 12.4. The van der Waals surface area contributed by atoms with Crippen LogP contribution < -0.4 is 10.6 Å². The number of aromatic nitrogens is 3. The average molecular weight is 255 g/mol. The van der Waals surface area contributed by atoms with Crippen molar-refractivity contribution in [3.8, 4) is 0 Å². The molecular formula is C10H17N5OS. The molecule has 1 aromatic rings. The number of anilines is 2. The van der Waals surface area contributed by atoms with E-state index in [2.05, 4.69) is 19.9 Å². The summed E-state index contributed by atoms with van der Waals surface area (Å²) < 4.78 is 0. The van der Waals surface area contributed by atoms with Gasteiger partial charge in [0.25, 0.3) is 0 Å². The van der Waals surface area contributed by atoms with E-state index in [1.807, 2.05) is 6.92 Å². The van der Waals surface area contributed by atoms with Crippen molar-refractivity contribution in [2.75, 3.05) is 30.3 Å². The topological polar surface area (TPSA) is 88.2 Å². The molecule has 7 heteroatoms. The maximum atomic E-state index is 9.01. The molecular weight excluding hydrogens is 238 g/mol. The molecule has 3 N–H and O–H groups in total. The van der Waals surface area contributed by atoms with Crippen LogP contribution in [-0.2, 0) is 0 Å². The summed E-state index contributed by atoms with van der Waals surface area (Å²) >= 11 is 1.41. The lowest BCUT2D eigenvalue weighted by atomic mass is 10.4. The molecule has 0 bridgehead atoms. The summed E-state index contributed by atoms with van der Waals surface area (Å²) in [5.74, 6) is 0.900. The summed E-state index contributed by atoms with van der Waals surface area (Å²) in [5, 5.41) is 9.66. The first-order valence-corrected chi connectivity index (χ1v) is 6.61. The van der Waals surface area contributed by atoms with Crippen LogP contribution in [0.3, 0.4) is 0 Å². The van der Waals surface area contributed by atoms with Crippen molar-refractivity contribution in [2.24, 2.45) is 0 Å². The predicted octanol–water partition coefficient (Wildman–Crippen LogP) is 0.527. The van der Waals surface area contributed by atoms with E-state index >= 15 is 0 Å². The molecule has 0 saturated carbocycles. The Bertz CT molecular complexity index is 383. The Kier molecular flexibility index (Phi) is 4.01. The lowest BCUT2D eigenvalue weighted by Crippen LogP contribution is -2.21. The van der Waals surface area contributed by atoms with Gasteiger partial charge in [0.15, 0.2) is 5.16 Å². The summed E-state index contributed by atoms with van der Waals surface area (Å²) in [4.78, 5) is 14.7. The molecule has 0 spiro atoms. The number of aliphatic hydroxyl groups excluding tert-OH is 1. The highest BCUT2D eigenvalue weighted by Crippen LogP contribution is 2.23. The maximum absolute atomic E-state index is 9.01. The molecule has 0 aliphatic carbocycles. The van der Waals surface area contributed by atoms with Gasteiger partial charge in [-0.3, -0.25) is 0 Å². The zero-order valence-electron chi connectivity index (χ0n) is 9.83. The van der Waals surface area contributed by atoms with E-state index in [1.54, 1.807) is 0 Å². The molecule has 1 fully saturated rings. The molecule has 2 heterocycles. The molecule has 0 aromatic carbocycles. The third kappa shape index (κ3) is 3.19. The first-order chi connectivity index (χ1) is 8.19. The third-order valence-electron chi connectivity index (χ3n) is 2.57. The van der Waals surface area contributed by atoms with Gasteiger partial charge in [-0.2, -0.15) is 15.0 Å². The van der Waals surface area contributed by atoms with Crippen molar-refractivity contribution >= 4 is 23.7 Å². The van der Waals surface area contributed by atoms with E-state index < -0.39 is 0 Å². The van der Waals surface area contributed by atoms with Gasteiger partial charge in [0.05, 0.1) is 6.61 Å². The number of nitrogen functional groups attached to an aromatic ring is 1. The third-order valence-corrected chi connectivity index (χ3v) is 3.52. The summed E-state index contributed by atoms with van der Waals surface area (Å²) in [7, 11) is 0. The smallest absolute Gasteiger partial charge is 0.231 e. The van der Waals surface area contributed by atoms with E-state index in [1.165, 1.54) is 24.6 Å². The SMILES string of the molecule is CC(CO)Sc1nc(N)nc(N2CCCC2)n1. The highest BCUT2D eigenvalue weighted by atomic mass is 32.2. The van der Waals surface area contributed by atoms with E-state index in [0.717, 1.165) is 13.1 Å². The van der Waals surface area contributed by atoms with Gasteiger partial charge >= 0.3 is 0 Å². The molecule has 6 nitrogen and oxygen atoms in total. The zero-order valence-corrected chi connectivity index (χ0v) is 10.7. The molecule has 0 radical (unpaired) electrons. The van der Waals surface area contributed by atoms with Crippen molar-refractivity contribution in [1.29, 1.82) is 0 Å². The van der Waals surface area contributed by atoms with E-state index in [0.29, 0.717) is 11.1 Å². The second-order valence-corrected chi connectivity index (χ2v) is 5.49. The van der Waals surface area contributed by atoms with Gasteiger partial charge in [-0.25, -0.2) is 0 Å². The van der Waals surface area contributed by atoms with Crippen LogP contribution in [0.2, 0.25) is 0 Å². The van der Waals surface area contributed by atoms with Gasteiger partial charge in [-0.05, 0) is 12.8 Å². The number of aliphatic hydroxyl groups is 1. The van der Waals surface area contributed by atoms with Crippen molar-refractivity contribution in [3.63, 3.8) is 0 Å². The van der Waals surface area contributed by atoms with Crippen molar-refractivity contribution in [1.82, 2.24) is 15.0 Å². The zero-order chi connectivity index (χ0) is 12.3. The summed E-state index contributed by atoms with van der Waals surface area (Å²) in [5.41, 5.74) is 5.68. The standard InChI is InChI=1S/C10H17N5OS/c1-7(6-16)17-10-13-8(11)12-9(14-10)15-4-2-3-5-15/h7,16H,2-6H2,1H3,(H2,11,12,13,14). The summed E-state index contributed by atoms with van der Waals surface area (Å²) in [6.07, 6.45) is 2.34. The maximum Gasteiger partial charge on any atom is 0.231 e. The monoisotopic (exact) mass is 255 g/mol. The second-order valence-electron chi connectivity index (χ2n) is 4.08. The fourth-order valence-electron chi connectivity index (χ4n) is 1.69. The van der Waals surface area contributed by atoms with Crippen LogP contribution in [0.5, 0.6) is 0 Å². The number of rotatable bonds is 4. The van der Waals surface area contributed by atoms with Crippen LogP contribution in [0.4, 0.5) is 11.9 Å².